The third-order valence-electron chi connectivity index (χ3n) is 5.63. The second-order valence-electron chi connectivity index (χ2n) is 8.13. The third kappa shape index (κ3) is 4.81. The summed E-state index contributed by atoms with van der Waals surface area (Å²) in [6, 6.07) is 14.8. The van der Waals surface area contributed by atoms with Crippen LogP contribution in [0.1, 0.15) is 39.0 Å². The lowest BCUT2D eigenvalue weighted by molar-refractivity contribution is -0.384. The maximum Gasteiger partial charge on any atom is 0.342 e. The Labute approximate surface area is 212 Å². The minimum Gasteiger partial charge on any atom is -0.462 e. The van der Waals surface area contributed by atoms with Crippen LogP contribution in [0.2, 0.25) is 0 Å². The van der Waals surface area contributed by atoms with Crippen LogP contribution in [0.4, 0.5) is 11.4 Å². The number of ether oxygens (including phenoxy) is 1. The van der Waals surface area contributed by atoms with Crippen LogP contribution in [0.5, 0.6) is 0 Å². The molecule has 37 heavy (non-hydrogen) atoms. The molecule has 4 rings (SSSR count). The molecule has 1 aromatic heterocycles. The Morgan fingerprint density at radius 3 is 2.24 bits per heavy atom. The number of nitro groups is 1. The van der Waals surface area contributed by atoms with Gasteiger partial charge >= 0.3 is 5.97 Å². The van der Waals surface area contributed by atoms with Gasteiger partial charge in [-0.25, -0.2) is 13.2 Å². The van der Waals surface area contributed by atoms with Crippen molar-refractivity contribution < 1.29 is 32.1 Å². The van der Waals surface area contributed by atoms with Crippen molar-refractivity contribution in [3.05, 3.63) is 99.3 Å². The van der Waals surface area contributed by atoms with Gasteiger partial charge in [-0.2, -0.15) is 4.31 Å². The van der Waals surface area contributed by atoms with E-state index in [9.17, 15) is 28.1 Å². The van der Waals surface area contributed by atoms with Crippen LogP contribution in [0, 0.1) is 24.0 Å². The highest BCUT2D eigenvalue weighted by Crippen LogP contribution is 2.33. The first-order valence-electron chi connectivity index (χ1n) is 11.2. The molecule has 0 aliphatic rings. The average Bonchev–Trinajstić information content (AvgIpc) is 3.19. The minimum absolute atomic E-state index is 0.0530. The van der Waals surface area contributed by atoms with Crippen LogP contribution in [-0.4, -0.2) is 31.8 Å². The molecule has 4 aromatic rings. The van der Waals surface area contributed by atoms with E-state index in [0.29, 0.717) is 9.89 Å². The number of aryl methyl sites for hydroxylation is 2. The lowest BCUT2D eigenvalue weighted by Gasteiger charge is -2.23. The van der Waals surface area contributed by atoms with Gasteiger partial charge in [0.15, 0.2) is 0 Å². The van der Waals surface area contributed by atoms with E-state index in [1.165, 1.54) is 42.5 Å². The Morgan fingerprint density at radius 2 is 1.65 bits per heavy atom. The lowest BCUT2D eigenvalue weighted by atomic mass is 10.1. The molecule has 11 heteroatoms. The largest absolute Gasteiger partial charge is 0.462 e. The van der Waals surface area contributed by atoms with E-state index in [4.69, 9.17) is 9.15 Å². The molecule has 190 valence electrons. The Kier molecular flexibility index (Phi) is 6.82. The van der Waals surface area contributed by atoms with Gasteiger partial charge in [0, 0.05) is 23.1 Å². The Hall–Kier alpha value is -4.51. The van der Waals surface area contributed by atoms with Gasteiger partial charge in [-0.1, -0.05) is 17.7 Å². The van der Waals surface area contributed by atoms with Crippen LogP contribution in [0.3, 0.4) is 0 Å². The van der Waals surface area contributed by atoms with Gasteiger partial charge < -0.3 is 9.15 Å². The number of carbonyl (C=O) groups excluding carboxylic acids is 2. The van der Waals surface area contributed by atoms with Gasteiger partial charge in [0.25, 0.3) is 21.6 Å². The number of rotatable bonds is 7. The number of carbonyl (C=O) groups is 2. The van der Waals surface area contributed by atoms with Gasteiger partial charge in [-0.05, 0) is 63.2 Å². The summed E-state index contributed by atoms with van der Waals surface area (Å²) in [5.41, 5.74) is 0.854. The molecule has 10 nitrogen and oxygen atoms in total. The topological polar surface area (TPSA) is 137 Å². The fraction of sp³-hybridized carbons (Fsp3) is 0.154. The molecular weight excluding hydrogens is 500 g/mol. The first-order chi connectivity index (χ1) is 17.5. The quantitative estimate of drug-likeness (QED) is 0.184. The van der Waals surface area contributed by atoms with Crippen molar-refractivity contribution in [1.82, 2.24) is 0 Å². The van der Waals surface area contributed by atoms with E-state index in [2.05, 4.69) is 0 Å². The summed E-state index contributed by atoms with van der Waals surface area (Å²) < 4.78 is 38.9. The fourth-order valence-corrected chi connectivity index (χ4v) is 5.22. The number of nitrogens with zero attached hydrogens (tertiary/aromatic N) is 2. The minimum atomic E-state index is -4.45. The monoisotopic (exact) mass is 522 g/mol. The van der Waals surface area contributed by atoms with Crippen molar-refractivity contribution in [3.8, 4) is 0 Å². The number of sulfonamides is 1. The van der Waals surface area contributed by atoms with Crippen molar-refractivity contribution in [2.45, 2.75) is 25.7 Å². The number of amides is 1. The molecule has 0 saturated carbocycles. The molecular formula is C26H22N2O8S. The summed E-state index contributed by atoms with van der Waals surface area (Å²) in [7, 11) is -4.45. The Balaban J connectivity index is 1.92. The maximum atomic E-state index is 13.8. The summed E-state index contributed by atoms with van der Waals surface area (Å²) in [4.78, 5) is 36.5. The molecule has 3 aromatic carbocycles. The molecule has 0 aliphatic heterocycles. The van der Waals surface area contributed by atoms with Gasteiger partial charge in [-0.3, -0.25) is 14.9 Å². The Morgan fingerprint density at radius 1 is 1.00 bits per heavy atom. The van der Waals surface area contributed by atoms with Gasteiger partial charge in [-0.15, -0.1) is 0 Å². The van der Waals surface area contributed by atoms with Crippen LogP contribution in [0.25, 0.3) is 11.0 Å². The number of non-ortho nitro benzene ring substituents is 1. The maximum absolute atomic E-state index is 13.8. The summed E-state index contributed by atoms with van der Waals surface area (Å²) in [6.45, 7) is 5.15. The van der Waals surface area contributed by atoms with E-state index in [-0.39, 0.29) is 45.2 Å². The average molecular weight is 523 g/mol. The zero-order valence-electron chi connectivity index (χ0n) is 20.1. The predicted molar refractivity (Wildman–Crippen MR) is 135 cm³/mol. The lowest BCUT2D eigenvalue weighted by Crippen LogP contribution is -2.37. The van der Waals surface area contributed by atoms with Gasteiger partial charge in [0.05, 0.1) is 22.1 Å². The molecule has 0 saturated heterocycles. The fourth-order valence-electron chi connectivity index (χ4n) is 3.82. The molecule has 1 amide bonds. The standard InChI is InChI=1S/C26H22N2O8S/c1-4-35-26(30)24-17(3)36-23-14-11-20(15-22(23)24)27(37(33,34)21-12-5-16(2)6-13-21)25(29)18-7-9-19(10-8-18)28(31)32/h5-15H,4H2,1-3H3. The number of hydrogen-bond acceptors (Lipinski definition) is 8. The summed E-state index contributed by atoms with van der Waals surface area (Å²) >= 11 is 0. The first-order valence-corrected chi connectivity index (χ1v) is 12.6. The van der Waals surface area contributed by atoms with Crippen molar-refractivity contribution in [2.24, 2.45) is 0 Å². The highest BCUT2D eigenvalue weighted by Gasteiger charge is 2.33. The van der Waals surface area contributed by atoms with Crippen LogP contribution in [-0.2, 0) is 14.8 Å². The molecule has 0 N–H and O–H groups in total. The molecule has 1 heterocycles. The summed E-state index contributed by atoms with van der Waals surface area (Å²) in [5, 5.41) is 11.3. The van der Waals surface area contributed by atoms with Gasteiger partial charge in [0.1, 0.15) is 16.9 Å². The zero-order chi connectivity index (χ0) is 26.9. The van der Waals surface area contributed by atoms with Crippen molar-refractivity contribution in [2.75, 3.05) is 10.9 Å². The van der Waals surface area contributed by atoms with E-state index in [0.717, 1.165) is 17.7 Å². The number of nitro benzene ring substituents is 1. The van der Waals surface area contributed by atoms with Crippen LogP contribution < -0.4 is 4.31 Å². The van der Waals surface area contributed by atoms with E-state index in [1.807, 2.05) is 0 Å². The predicted octanol–water partition coefficient (Wildman–Crippen LogP) is 5.17. The van der Waals surface area contributed by atoms with Crippen LogP contribution >= 0.6 is 0 Å². The van der Waals surface area contributed by atoms with Crippen molar-refractivity contribution in [1.29, 1.82) is 0 Å². The van der Waals surface area contributed by atoms with E-state index >= 15 is 0 Å². The Bertz CT molecular complexity index is 1620. The molecule has 0 aliphatic carbocycles. The number of esters is 1. The number of fused-ring (bicyclic) bond motifs is 1. The van der Waals surface area contributed by atoms with Crippen molar-refractivity contribution >= 4 is 44.2 Å². The summed E-state index contributed by atoms with van der Waals surface area (Å²) in [6.07, 6.45) is 0. The SMILES string of the molecule is CCOC(=O)c1c(C)oc2ccc(N(C(=O)c3ccc([N+](=O)[O-])cc3)S(=O)(=O)c3ccc(C)cc3)cc12. The van der Waals surface area contributed by atoms with E-state index in [1.54, 1.807) is 32.9 Å². The number of furan rings is 1. The highest BCUT2D eigenvalue weighted by molar-refractivity contribution is 7.93. The van der Waals surface area contributed by atoms with Gasteiger partial charge in [0.2, 0.25) is 0 Å². The number of benzene rings is 3. The second kappa shape index (κ2) is 9.86. The third-order valence-corrected chi connectivity index (χ3v) is 7.36. The zero-order valence-corrected chi connectivity index (χ0v) is 20.9. The van der Waals surface area contributed by atoms with Crippen molar-refractivity contribution in [3.63, 3.8) is 0 Å². The first kappa shape index (κ1) is 25.6. The molecule has 0 fully saturated rings. The highest BCUT2D eigenvalue weighted by atomic mass is 32.2. The van der Waals surface area contributed by atoms with E-state index < -0.39 is 26.8 Å². The second-order valence-corrected chi connectivity index (χ2v) is 9.91. The smallest absolute Gasteiger partial charge is 0.342 e. The molecule has 0 unspecified atom stereocenters. The number of anilines is 1. The normalized spacial score (nSPS) is 11.3. The van der Waals surface area contributed by atoms with Crippen LogP contribution in [0.15, 0.2) is 76.0 Å². The number of hydrogen-bond donors (Lipinski definition) is 0. The molecule has 0 atom stereocenters. The molecule has 0 radical (unpaired) electrons. The molecule has 0 spiro atoms. The summed E-state index contributed by atoms with van der Waals surface area (Å²) in [5.74, 6) is -1.31. The molecule has 0 bridgehead atoms.